The lowest BCUT2D eigenvalue weighted by Crippen LogP contribution is -2.43. The molecule has 0 saturated carbocycles. The molecule has 0 fully saturated rings. The third kappa shape index (κ3) is 8.79. The molecule has 2 N–H and O–H groups in total. The Balaban J connectivity index is 0.000000357. The van der Waals surface area contributed by atoms with Crippen LogP contribution in [0.15, 0.2) is 78.0 Å². The lowest BCUT2D eigenvalue weighted by Gasteiger charge is -2.17. The van der Waals surface area contributed by atoms with Gasteiger partial charge < -0.3 is 5.32 Å². The Morgan fingerprint density at radius 3 is 2.06 bits per heavy atom. The largest absolute Gasteiger partial charge is 0.325 e. The molecule has 2 aromatic carbocycles. The summed E-state index contributed by atoms with van der Waals surface area (Å²) in [5.74, 6) is -0.378. The van der Waals surface area contributed by atoms with E-state index in [-0.39, 0.29) is 10.8 Å². The molecule has 6 nitrogen and oxygen atoms in total. The molecule has 7 heteroatoms. The molecule has 3 rings (SSSR count). The van der Waals surface area contributed by atoms with Gasteiger partial charge in [0.1, 0.15) is 6.04 Å². The first kappa shape index (κ1) is 26.2. The fraction of sp³-hybridized carbons (Fsp3) is 0.308. The number of carbonyl (C=O) groups excluding carboxylic acids is 1. The van der Waals surface area contributed by atoms with Crippen LogP contribution in [0.3, 0.4) is 0 Å². The Kier molecular flexibility index (Phi) is 10.2. The van der Waals surface area contributed by atoms with E-state index in [0.717, 1.165) is 17.5 Å². The van der Waals surface area contributed by atoms with E-state index in [4.69, 9.17) is 0 Å². The Hall–Kier alpha value is -3.03. The summed E-state index contributed by atoms with van der Waals surface area (Å²) in [5.41, 5.74) is 4.02. The van der Waals surface area contributed by atoms with Crippen LogP contribution in [0.1, 0.15) is 43.4 Å². The van der Waals surface area contributed by atoms with Crippen molar-refractivity contribution in [3.05, 3.63) is 89.7 Å². The van der Waals surface area contributed by atoms with Gasteiger partial charge in [-0.15, -0.1) is 0 Å². The van der Waals surface area contributed by atoms with Crippen LogP contribution >= 0.6 is 0 Å². The molecular formula is C26H33N3O3S. The van der Waals surface area contributed by atoms with E-state index >= 15 is 0 Å². The van der Waals surface area contributed by atoms with Crippen LogP contribution < -0.4 is 10.0 Å². The molecule has 0 aliphatic rings. The normalized spacial score (nSPS) is 11.8. The summed E-state index contributed by atoms with van der Waals surface area (Å²) >= 11 is 0. The standard InChI is InChI=1S/C18H22N2O3S.C8H11N/c1-4-17(18(21)19-15-9-5-13(2)6-10-15)20-24(22,23)16-11-7-14(3)8-12-16;1-2-4-8-5-3-6-9-7-8/h5-12,17,20H,4H2,1-3H3,(H,19,21);3,5-7H,2,4H2,1H3. The van der Waals surface area contributed by atoms with Gasteiger partial charge in [-0.3, -0.25) is 9.78 Å². The average Bonchev–Trinajstić information content (AvgIpc) is 2.80. The molecule has 1 amide bonds. The van der Waals surface area contributed by atoms with Gasteiger partial charge in [0, 0.05) is 18.1 Å². The highest BCUT2D eigenvalue weighted by atomic mass is 32.2. The van der Waals surface area contributed by atoms with Crippen LogP contribution in [0.2, 0.25) is 0 Å². The molecule has 1 heterocycles. The van der Waals surface area contributed by atoms with Crippen molar-refractivity contribution < 1.29 is 13.2 Å². The fourth-order valence-corrected chi connectivity index (χ4v) is 4.27. The van der Waals surface area contributed by atoms with E-state index in [9.17, 15) is 13.2 Å². The minimum Gasteiger partial charge on any atom is -0.325 e. The van der Waals surface area contributed by atoms with Gasteiger partial charge in [-0.25, -0.2) is 8.42 Å². The van der Waals surface area contributed by atoms with Crippen molar-refractivity contribution in [1.82, 2.24) is 9.71 Å². The third-order valence-corrected chi connectivity index (χ3v) is 6.42. The number of amides is 1. The molecule has 0 saturated heterocycles. The fourth-order valence-electron chi connectivity index (χ4n) is 3.00. The van der Waals surface area contributed by atoms with Crippen molar-refractivity contribution in [3.63, 3.8) is 0 Å². The molecule has 1 atom stereocenters. The topological polar surface area (TPSA) is 88.2 Å². The number of nitrogens with one attached hydrogen (secondary N) is 2. The zero-order valence-corrected chi connectivity index (χ0v) is 20.5. The lowest BCUT2D eigenvalue weighted by atomic mass is 10.2. The van der Waals surface area contributed by atoms with E-state index in [0.29, 0.717) is 12.1 Å². The van der Waals surface area contributed by atoms with Gasteiger partial charge in [0.25, 0.3) is 0 Å². The first-order chi connectivity index (χ1) is 15.7. The quantitative estimate of drug-likeness (QED) is 0.486. The number of sulfonamides is 1. The molecule has 0 radical (unpaired) electrons. The molecule has 1 unspecified atom stereocenters. The number of anilines is 1. The molecular weight excluding hydrogens is 434 g/mol. The van der Waals surface area contributed by atoms with E-state index in [1.165, 1.54) is 24.1 Å². The van der Waals surface area contributed by atoms with Crippen LogP contribution in [0.25, 0.3) is 0 Å². The molecule has 0 bridgehead atoms. The Morgan fingerprint density at radius 1 is 0.939 bits per heavy atom. The van der Waals surface area contributed by atoms with Crippen molar-refractivity contribution >= 4 is 21.6 Å². The second-order valence-electron chi connectivity index (χ2n) is 7.86. The minimum atomic E-state index is -3.74. The number of rotatable bonds is 8. The Labute approximate surface area is 197 Å². The van der Waals surface area contributed by atoms with Crippen molar-refractivity contribution in [1.29, 1.82) is 0 Å². The van der Waals surface area contributed by atoms with Gasteiger partial charge in [-0.1, -0.05) is 61.7 Å². The number of aromatic nitrogens is 1. The van der Waals surface area contributed by atoms with Crippen molar-refractivity contribution in [3.8, 4) is 0 Å². The van der Waals surface area contributed by atoms with E-state index < -0.39 is 16.1 Å². The van der Waals surface area contributed by atoms with E-state index in [1.54, 1.807) is 37.4 Å². The zero-order chi connectivity index (χ0) is 24.3. The summed E-state index contributed by atoms with van der Waals surface area (Å²) in [6, 6.07) is 17.1. The first-order valence-corrected chi connectivity index (χ1v) is 12.6. The second-order valence-corrected chi connectivity index (χ2v) is 9.58. The van der Waals surface area contributed by atoms with Gasteiger partial charge in [0.05, 0.1) is 4.90 Å². The number of pyridine rings is 1. The number of aryl methyl sites for hydroxylation is 3. The number of carbonyl (C=O) groups is 1. The average molecular weight is 468 g/mol. The van der Waals surface area contributed by atoms with Crippen LogP contribution in [-0.2, 0) is 21.2 Å². The van der Waals surface area contributed by atoms with Crippen molar-refractivity contribution in [2.24, 2.45) is 0 Å². The van der Waals surface area contributed by atoms with Gasteiger partial charge >= 0.3 is 0 Å². The molecule has 0 aliphatic heterocycles. The van der Waals surface area contributed by atoms with Gasteiger partial charge in [-0.2, -0.15) is 4.72 Å². The minimum absolute atomic E-state index is 0.148. The maximum Gasteiger partial charge on any atom is 0.242 e. The highest BCUT2D eigenvalue weighted by Crippen LogP contribution is 2.13. The van der Waals surface area contributed by atoms with Crippen LogP contribution in [0.4, 0.5) is 5.69 Å². The second kappa shape index (κ2) is 12.9. The van der Waals surface area contributed by atoms with Crippen LogP contribution in [0, 0.1) is 13.8 Å². The molecule has 1 aromatic heterocycles. The number of hydrogen-bond donors (Lipinski definition) is 2. The molecule has 0 spiro atoms. The summed E-state index contributed by atoms with van der Waals surface area (Å²) in [6.07, 6.45) is 6.42. The van der Waals surface area contributed by atoms with Crippen LogP contribution in [0.5, 0.6) is 0 Å². The molecule has 3 aromatic rings. The first-order valence-electron chi connectivity index (χ1n) is 11.1. The lowest BCUT2D eigenvalue weighted by molar-refractivity contribution is -0.117. The number of benzene rings is 2. The highest BCUT2D eigenvalue weighted by Gasteiger charge is 2.24. The summed E-state index contributed by atoms with van der Waals surface area (Å²) in [6.45, 7) is 7.77. The predicted molar refractivity (Wildman–Crippen MR) is 134 cm³/mol. The van der Waals surface area contributed by atoms with Gasteiger partial charge in [0.2, 0.25) is 15.9 Å². The maximum atomic E-state index is 12.4. The summed E-state index contributed by atoms with van der Waals surface area (Å²) < 4.78 is 27.3. The smallest absolute Gasteiger partial charge is 0.242 e. The summed E-state index contributed by atoms with van der Waals surface area (Å²) in [7, 11) is -3.74. The monoisotopic (exact) mass is 467 g/mol. The highest BCUT2D eigenvalue weighted by molar-refractivity contribution is 7.89. The van der Waals surface area contributed by atoms with Crippen molar-refractivity contribution in [2.45, 2.75) is 57.9 Å². The predicted octanol–water partition coefficient (Wildman–Crippen LogP) is 5.03. The Bertz CT molecular complexity index is 1100. The van der Waals surface area contributed by atoms with E-state index in [2.05, 4.69) is 28.0 Å². The van der Waals surface area contributed by atoms with Crippen molar-refractivity contribution in [2.75, 3.05) is 5.32 Å². The third-order valence-electron chi connectivity index (χ3n) is 4.93. The van der Waals surface area contributed by atoms with E-state index in [1.807, 2.05) is 38.2 Å². The summed E-state index contributed by atoms with van der Waals surface area (Å²) in [5, 5.41) is 2.74. The molecule has 33 heavy (non-hydrogen) atoms. The summed E-state index contributed by atoms with van der Waals surface area (Å²) in [4.78, 5) is 16.5. The molecule has 176 valence electrons. The molecule has 0 aliphatic carbocycles. The van der Waals surface area contributed by atoms with Gasteiger partial charge in [0.15, 0.2) is 0 Å². The van der Waals surface area contributed by atoms with Gasteiger partial charge in [-0.05, 0) is 62.6 Å². The Morgan fingerprint density at radius 2 is 1.55 bits per heavy atom. The number of nitrogens with zero attached hydrogens (tertiary/aromatic N) is 1. The van der Waals surface area contributed by atoms with Crippen LogP contribution in [-0.4, -0.2) is 25.4 Å². The number of hydrogen-bond acceptors (Lipinski definition) is 4. The SMILES string of the molecule is CCC(NS(=O)(=O)c1ccc(C)cc1)C(=O)Nc1ccc(C)cc1.CCCc1cccnc1. The zero-order valence-electron chi connectivity index (χ0n) is 19.7. The maximum absolute atomic E-state index is 12.4.